The molecule has 2 N–H and O–H groups in total. The predicted molar refractivity (Wildman–Crippen MR) is 119 cm³/mol. The van der Waals surface area contributed by atoms with Crippen molar-refractivity contribution in [1.82, 2.24) is 9.97 Å². The van der Waals surface area contributed by atoms with Crippen LogP contribution in [0.5, 0.6) is 0 Å². The molecule has 2 aromatic heterocycles. The summed E-state index contributed by atoms with van der Waals surface area (Å²) in [5.74, 6) is -0.440. The molecule has 0 radical (unpaired) electrons. The lowest BCUT2D eigenvalue weighted by molar-refractivity contribution is -0.114. The number of pyridine rings is 1. The minimum atomic E-state index is -0.255. The molecular formula is C23H18N4O2S. The number of hydrogen-bond acceptors (Lipinski definition) is 5. The van der Waals surface area contributed by atoms with Crippen LogP contribution < -0.4 is 10.6 Å². The van der Waals surface area contributed by atoms with Gasteiger partial charge in [-0.1, -0.05) is 18.2 Å². The Morgan fingerprint density at radius 3 is 2.37 bits per heavy atom. The summed E-state index contributed by atoms with van der Waals surface area (Å²) < 4.78 is 0. The van der Waals surface area contributed by atoms with Crippen LogP contribution in [0.25, 0.3) is 21.8 Å². The van der Waals surface area contributed by atoms with Crippen molar-refractivity contribution >= 4 is 34.5 Å². The molecule has 0 atom stereocenters. The first-order valence-electron chi connectivity index (χ1n) is 9.24. The molecule has 0 bridgehead atoms. The molecule has 2 amide bonds. The van der Waals surface area contributed by atoms with Crippen LogP contribution in [-0.4, -0.2) is 21.8 Å². The Kier molecular flexibility index (Phi) is 5.63. The van der Waals surface area contributed by atoms with E-state index in [2.05, 4.69) is 15.6 Å². The predicted octanol–water partition coefficient (Wildman–Crippen LogP) is 5.08. The monoisotopic (exact) mass is 414 g/mol. The molecule has 148 valence electrons. The van der Waals surface area contributed by atoms with Gasteiger partial charge in [-0.25, -0.2) is 4.98 Å². The molecule has 30 heavy (non-hydrogen) atoms. The van der Waals surface area contributed by atoms with Gasteiger partial charge in [-0.2, -0.15) is 0 Å². The summed E-state index contributed by atoms with van der Waals surface area (Å²) in [6.45, 7) is 1.43. The highest BCUT2D eigenvalue weighted by atomic mass is 32.1. The van der Waals surface area contributed by atoms with Crippen molar-refractivity contribution in [3.8, 4) is 21.8 Å². The third-order valence-electron chi connectivity index (χ3n) is 4.29. The van der Waals surface area contributed by atoms with Gasteiger partial charge in [-0.15, -0.1) is 11.3 Å². The fraction of sp³-hybridized carbons (Fsp3) is 0.0435. The maximum atomic E-state index is 12.6. The summed E-state index contributed by atoms with van der Waals surface area (Å²) in [5, 5.41) is 8.49. The summed E-state index contributed by atoms with van der Waals surface area (Å²) in [4.78, 5) is 32.6. The largest absolute Gasteiger partial charge is 0.326 e. The molecular weight excluding hydrogens is 396 g/mol. The summed E-state index contributed by atoms with van der Waals surface area (Å²) in [5.41, 5.74) is 4.48. The third kappa shape index (κ3) is 4.59. The van der Waals surface area contributed by atoms with E-state index in [0.717, 1.165) is 21.8 Å². The van der Waals surface area contributed by atoms with Crippen LogP contribution in [0.15, 0.2) is 78.4 Å². The van der Waals surface area contributed by atoms with Crippen LogP contribution in [0.3, 0.4) is 0 Å². The number of carbonyl (C=O) groups excluding carboxylic acids is 2. The van der Waals surface area contributed by atoms with Gasteiger partial charge in [-0.05, 0) is 42.5 Å². The second-order valence-corrected chi connectivity index (χ2v) is 7.43. The molecule has 0 saturated heterocycles. The van der Waals surface area contributed by atoms with Gasteiger partial charge in [0.05, 0.1) is 5.69 Å². The van der Waals surface area contributed by atoms with Gasteiger partial charge in [0, 0.05) is 52.8 Å². The van der Waals surface area contributed by atoms with E-state index in [1.54, 1.807) is 48.0 Å². The molecule has 0 saturated carbocycles. The molecule has 0 fully saturated rings. The summed E-state index contributed by atoms with van der Waals surface area (Å²) >= 11 is 1.56. The average molecular weight is 414 g/mol. The first-order valence-corrected chi connectivity index (χ1v) is 10.1. The molecule has 0 aliphatic carbocycles. The number of rotatable bonds is 5. The molecule has 0 spiro atoms. The molecule has 7 heteroatoms. The van der Waals surface area contributed by atoms with Crippen LogP contribution in [-0.2, 0) is 4.79 Å². The van der Waals surface area contributed by atoms with E-state index in [-0.39, 0.29) is 11.8 Å². The highest BCUT2D eigenvalue weighted by Gasteiger charge is 2.10. The Morgan fingerprint density at radius 1 is 0.867 bits per heavy atom. The van der Waals surface area contributed by atoms with Crippen molar-refractivity contribution in [2.75, 3.05) is 10.6 Å². The number of amides is 2. The molecule has 2 heterocycles. The van der Waals surface area contributed by atoms with Gasteiger partial charge in [-0.3, -0.25) is 14.6 Å². The van der Waals surface area contributed by atoms with Gasteiger partial charge >= 0.3 is 0 Å². The maximum Gasteiger partial charge on any atom is 0.255 e. The second kappa shape index (κ2) is 8.67. The molecule has 0 aliphatic heterocycles. The number of aromatic nitrogens is 2. The van der Waals surface area contributed by atoms with Crippen LogP contribution >= 0.6 is 11.3 Å². The highest BCUT2D eigenvalue weighted by molar-refractivity contribution is 7.13. The smallest absolute Gasteiger partial charge is 0.255 e. The number of thiazole rings is 1. The van der Waals surface area contributed by atoms with Gasteiger partial charge in [0.2, 0.25) is 5.91 Å². The Labute approximate surface area is 177 Å². The van der Waals surface area contributed by atoms with Gasteiger partial charge < -0.3 is 10.6 Å². The average Bonchev–Trinajstić information content (AvgIpc) is 3.25. The Balaban J connectivity index is 1.52. The van der Waals surface area contributed by atoms with Crippen molar-refractivity contribution in [3.63, 3.8) is 0 Å². The van der Waals surface area contributed by atoms with E-state index < -0.39 is 0 Å². The normalized spacial score (nSPS) is 10.4. The van der Waals surface area contributed by atoms with Gasteiger partial charge in [0.1, 0.15) is 5.01 Å². The third-order valence-corrected chi connectivity index (χ3v) is 5.18. The van der Waals surface area contributed by atoms with Gasteiger partial charge in [0.25, 0.3) is 5.91 Å². The van der Waals surface area contributed by atoms with Crippen molar-refractivity contribution < 1.29 is 9.59 Å². The molecule has 6 nitrogen and oxygen atoms in total. The van der Waals surface area contributed by atoms with E-state index in [1.807, 2.05) is 41.8 Å². The molecule has 0 unspecified atom stereocenters. The molecule has 4 rings (SSSR count). The van der Waals surface area contributed by atoms with Gasteiger partial charge in [0.15, 0.2) is 0 Å². The Bertz CT molecular complexity index is 1200. The zero-order valence-corrected chi connectivity index (χ0v) is 16.9. The number of nitrogens with zero attached hydrogens (tertiary/aromatic N) is 2. The van der Waals surface area contributed by atoms with Crippen molar-refractivity contribution in [2.45, 2.75) is 6.92 Å². The lowest BCUT2D eigenvalue weighted by Gasteiger charge is -2.08. The van der Waals surface area contributed by atoms with E-state index in [4.69, 9.17) is 4.98 Å². The van der Waals surface area contributed by atoms with Crippen molar-refractivity contribution in [1.29, 1.82) is 0 Å². The van der Waals surface area contributed by atoms with Crippen LogP contribution in [0.2, 0.25) is 0 Å². The molecule has 0 aliphatic rings. The fourth-order valence-electron chi connectivity index (χ4n) is 2.93. The number of hydrogen-bond donors (Lipinski definition) is 2. The number of carbonyl (C=O) groups is 2. The van der Waals surface area contributed by atoms with Crippen LogP contribution in [0.1, 0.15) is 17.3 Å². The molecule has 4 aromatic rings. The lowest BCUT2D eigenvalue weighted by Crippen LogP contribution is -2.13. The van der Waals surface area contributed by atoms with Crippen molar-refractivity contribution in [2.24, 2.45) is 0 Å². The Hall–Kier alpha value is -3.84. The van der Waals surface area contributed by atoms with E-state index in [1.165, 1.54) is 6.92 Å². The zero-order chi connectivity index (χ0) is 20.9. The SMILES string of the molecule is CC(=O)Nc1cccc(C(=O)Nc2cccc(-c3csc(-c4ccncc4)n3)c2)c1. The summed E-state index contributed by atoms with van der Waals surface area (Å²) in [7, 11) is 0. The summed E-state index contributed by atoms with van der Waals surface area (Å²) in [6.07, 6.45) is 3.49. The number of nitrogens with one attached hydrogen (secondary N) is 2. The van der Waals surface area contributed by atoms with E-state index in [0.29, 0.717) is 16.9 Å². The second-order valence-electron chi connectivity index (χ2n) is 6.57. The highest BCUT2D eigenvalue weighted by Crippen LogP contribution is 2.29. The maximum absolute atomic E-state index is 12.6. The standard InChI is InChI=1S/C23H18N4O2S/c1-15(28)25-19-6-3-5-18(13-19)22(29)26-20-7-2-4-17(12-20)21-14-30-23(27-21)16-8-10-24-11-9-16/h2-14H,1H3,(H,25,28)(H,26,29). The zero-order valence-electron chi connectivity index (χ0n) is 16.1. The fourth-order valence-corrected chi connectivity index (χ4v) is 3.77. The van der Waals surface area contributed by atoms with Crippen LogP contribution in [0, 0.1) is 0 Å². The minimum Gasteiger partial charge on any atom is -0.326 e. The quantitative estimate of drug-likeness (QED) is 0.477. The van der Waals surface area contributed by atoms with E-state index >= 15 is 0 Å². The number of benzene rings is 2. The first-order chi connectivity index (χ1) is 14.6. The number of anilines is 2. The van der Waals surface area contributed by atoms with Crippen molar-refractivity contribution in [3.05, 3.63) is 84.0 Å². The first kappa shape index (κ1) is 19.5. The topological polar surface area (TPSA) is 84.0 Å². The lowest BCUT2D eigenvalue weighted by atomic mass is 10.1. The van der Waals surface area contributed by atoms with E-state index in [9.17, 15) is 9.59 Å². The Morgan fingerprint density at radius 2 is 1.60 bits per heavy atom. The molecule has 2 aromatic carbocycles. The summed E-state index contributed by atoms with van der Waals surface area (Å²) in [6, 6.07) is 18.2. The van der Waals surface area contributed by atoms with Crippen LogP contribution in [0.4, 0.5) is 11.4 Å². The minimum absolute atomic E-state index is 0.186.